The molecule has 0 aliphatic heterocycles. The van der Waals surface area contributed by atoms with Gasteiger partial charge in [0.05, 0.1) is 12.3 Å². The highest BCUT2D eigenvalue weighted by molar-refractivity contribution is 7.50. The Morgan fingerprint density at radius 1 is 1.05 bits per heavy atom. The van der Waals surface area contributed by atoms with Crippen molar-refractivity contribution in [1.29, 1.82) is 0 Å². The number of esters is 1. The topological polar surface area (TPSA) is 176 Å². The molecule has 0 aliphatic rings. The fraction of sp³-hybridized carbons (Fsp3) is 0.276. The Balaban J connectivity index is 1.96. The molecule has 41 heavy (non-hydrogen) atoms. The molecule has 0 saturated heterocycles. The predicted molar refractivity (Wildman–Crippen MR) is 150 cm³/mol. The van der Waals surface area contributed by atoms with Crippen LogP contribution in [0.3, 0.4) is 0 Å². The standard InChI is InChI=1S/C29H32N3O8P/c1-19(2)15-23(30)27(34)32(41(36,37)38)29(26(33)25-13-8-14-39-25,28(35)40-18-20-9-4-3-5-10-20)16-21-17-31-24-12-7-6-11-22(21)24/h3-14,17,19,23,31H,15-16,18,30H2,1-2H3,(H2,36,37,38)/t23-,29+/m0/s1. The van der Waals surface area contributed by atoms with Crippen LogP contribution in [0.1, 0.15) is 41.9 Å². The molecule has 0 bridgehead atoms. The Morgan fingerprint density at radius 2 is 1.73 bits per heavy atom. The Bertz CT molecular complexity index is 1560. The van der Waals surface area contributed by atoms with Crippen LogP contribution in [0.2, 0.25) is 0 Å². The molecule has 4 aromatic rings. The van der Waals surface area contributed by atoms with Gasteiger partial charge < -0.3 is 29.7 Å². The van der Waals surface area contributed by atoms with E-state index >= 15 is 0 Å². The van der Waals surface area contributed by atoms with Crippen molar-refractivity contribution in [2.24, 2.45) is 11.7 Å². The minimum Gasteiger partial charge on any atom is -0.461 e. The molecule has 0 radical (unpaired) electrons. The summed E-state index contributed by atoms with van der Waals surface area (Å²) < 4.78 is 24.1. The molecule has 2 aromatic heterocycles. The van der Waals surface area contributed by atoms with Gasteiger partial charge in [-0.2, -0.15) is 0 Å². The van der Waals surface area contributed by atoms with E-state index < -0.39 is 49.2 Å². The number of H-pyrrole nitrogens is 1. The maximum atomic E-state index is 14.3. The molecular weight excluding hydrogens is 549 g/mol. The van der Waals surface area contributed by atoms with Gasteiger partial charge in [-0.3, -0.25) is 9.59 Å². The lowest BCUT2D eigenvalue weighted by Crippen LogP contribution is -2.64. The molecule has 4 rings (SSSR count). The van der Waals surface area contributed by atoms with Crippen molar-refractivity contribution in [2.45, 2.75) is 44.9 Å². The number of benzene rings is 2. The molecule has 0 saturated carbocycles. The molecule has 0 spiro atoms. The van der Waals surface area contributed by atoms with Gasteiger partial charge in [-0.25, -0.2) is 14.0 Å². The summed E-state index contributed by atoms with van der Waals surface area (Å²) in [7, 11) is -5.70. The average molecular weight is 582 g/mol. The van der Waals surface area contributed by atoms with Gasteiger partial charge in [0.25, 0.3) is 0 Å². The van der Waals surface area contributed by atoms with Crippen molar-refractivity contribution in [3.8, 4) is 0 Å². The first-order valence-corrected chi connectivity index (χ1v) is 14.5. The number of rotatable bonds is 12. The second-order valence-corrected chi connectivity index (χ2v) is 11.6. The van der Waals surface area contributed by atoms with Gasteiger partial charge >= 0.3 is 13.7 Å². The third kappa shape index (κ3) is 6.34. The maximum absolute atomic E-state index is 14.3. The van der Waals surface area contributed by atoms with Crippen LogP contribution in [0.25, 0.3) is 10.9 Å². The largest absolute Gasteiger partial charge is 0.461 e. The average Bonchev–Trinajstić information content (AvgIpc) is 3.61. The van der Waals surface area contributed by atoms with Crippen LogP contribution in [0.5, 0.6) is 0 Å². The molecule has 2 heterocycles. The second-order valence-electron chi connectivity index (χ2n) is 10.2. The number of nitrogens with two attached hydrogens (primary N) is 1. The lowest BCUT2D eigenvalue weighted by Gasteiger charge is -2.40. The number of carbonyl (C=O) groups excluding carboxylic acids is 3. The summed E-state index contributed by atoms with van der Waals surface area (Å²) in [4.78, 5) is 66.7. The van der Waals surface area contributed by atoms with Crippen molar-refractivity contribution in [3.63, 3.8) is 0 Å². The number of furan rings is 1. The first kappa shape index (κ1) is 30.0. The smallest absolute Gasteiger partial charge is 0.433 e. The van der Waals surface area contributed by atoms with Gasteiger partial charge in [0, 0.05) is 23.5 Å². The Hall–Kier alpha value is -4.02. The third-order valence-electron chi connectivity index (χ3n) is 6.67. The maximum Gasteiger partial charge on any atom is 0.433 e. The van der Waals surface area contributed by atoms with E-state index in [9.17, 15) is 28.7 Å². The summed E-state index contributed by atoms with van der Waals surface area (Å²) in [6.45, 7) is 3.22. The van der Waals surface area contributed by atoms with Crippen LogP contribution in [-0.2, 0) is 31.9 Å². The highest BCUT2D eigenvalue weighted by atomic mass is 31.2. The summed E-state index contributed by atoms with van der Waals surface area (Å²) in [5.74, 6) is -4.32. The quantitative estimate of drug-likeness (QED) is 0.0835. The van der Waals surface area contributed by atoms with Crippen LogP contribution < -0.4 is 5.73 Å². The molecule has 2 aromatic carbocycles. The zero-order valence-electron chi connectivity index (χ0n) is 22.6. The molecule has 0 aliphatic carbocycles. The number of amides is 1. The summed E-state index contributed by atoms with van der Waals surface area (Å²) >= 11 is 0. The highest BCUT2D eigenvalue weighted by Gasteiger charge is 2.61. The van der Waals surface area contributed by atoms with Crippen molar-refractivity contribution in [3.05, 3.63) is 96.1 Å². The van der Waals surface area contributed by atoms with Crippen LogP contribution in [0, 0.1) is 5.92 Å². The number of aromatic amines is 1. The lowest BCUT2D eigenvalue weighted by atomic mass is 9.84. The molecule has 12 heteroatoms. The fourth-order valence-electron chi connectivity index (χ4n) is 4.81. The normalized spacial score (nSPS) is 14.0. The van der Waals surface area contributed by atoms with E-state index in [-0.39, 0.29) is 23.6 Å². The Labute approximate surface area is 236 Å². The van der Waals surface area contributed by atoms with E-state index in [4.69, 9.17) is 14.9 Å². The van der Waals surface area contributed by atoms with Crippen molar-refractivity contribution >= 4 is 36.3 Å². The van der Waals surface area contributed by atoms with Gasteiger partial charge in [-0.05, 0) is 41.7 Å². The molecule has 2 atom stereocenters. The molecule has 0 unspecified atom stereocenters. The van der Waals surface area contributed by atoms with Crippen LogP contribution in [-0.4, -0.2) is 48.7 Å². The minimum absolute atomic E-state index is 0.00694. The predicted octanol–water partition coefficient (Wildman–Crippen LogP) is 3.96. The summed E-state index contributed by atoms with van der Waals surface area (Å²) in [5, 5.41) is 0.574. The second kappa shape index (κ2) is 12.2. The molecule has 216 valence electrons. The summed E-state index contributed by atoms with van der Waals surface area (Å²) in [5.41, 5.74) is 4.78. The Kier molecular flexibility index (Phi) is 8.94. The van der Waals surface area contributed by atoms with Gasteiger partial charge in [0.1, 0.15) is 6.61 Å². The van der Waals surface area contributed by atoms with E-state index in [2.05, 4.69) is 4.98 Å². The van der Waals surface area contributed by atoms with Crippen molar-refractivity contribution in [2.75, 3.05) is 0 Å². The number of Topliss-reactive ketones (excluding diaryl/α,β-unsaturated/α-hetero) is 1. The zero-order chi connectivity index (χ0) is 29.8. The highest BCUT2D eigenvalue weighted by Crippen LogP contribution is 2.49. The van der Waals surface area contributed by atoms with E-state index in [1.165, 1.54) is 24.6 Å². The number of para-hydroxylation sites is 1. The first-order chi connectivity index (χ1) is 19.4. The number of ether oxygens (including phenoxy) is 1. The number of hydrogen-bond donors (Lipinski definition) is 4. The van der Waals surface area contributed by atoms with E-state index in [0.717, 1.165) is 0 Å². The number of fused-ring (bicyclic) bond motifs is 1. The third-order valence-corrected chi connectivity index (χ3v) is 7.73. The number of hydrogen-bond acceptors (Lipinski definition) is 7. The number of nitrogens with zero attached hydrogens (tertiary/aromatic N) is 1. The Morgan fingerprint density at radius 3 is 2.37 bits per heavy atom. The van der Waals surface area contributed by atoms with Crippen LogP contribution in [0.4, 0.5) is 0 Å². The zero-order valence-corrected chi connectivity index (χ0v) is 23.5. The van der Waals surface area contributed by atoms with Gasteiger partial charge in [0.15, 0.2) is 5.76 Å². The SMILES string of the molecule is CC(C)C[C@H](N)C(=O)N([C@@](Cc1c[nH]c2ccccc12)(C(=O)OCc1ccccc1)C(=O)c1ccco1)P(=O)(O)O. The summed E-state index contributed by atoms with van der Waals surface area (Å²) in [6.07, 6.45) is 2.07. The van der Waals surface area contributed by atoms with Gasteiger partial charge in [0.2, 0.25) is 17.2 Å². The van der Waals surface area contributed by atoms with Crippen LogP contribution >= 0.6 is 7.75 Å². The monoisotopic (exact) mass is 581 g/mol. The van der Waals surface area contributed by atoms with E-state index in [1.54, 1.807) is 68.4 Å². The summed E-state index contributed by atoms with van der Waals surface area (Å²) in [6, 6.07) is 16.7. The molecule has 5 N–H and O–H groups in total. The first-order valence-electron chi connectivity index (χ1n) is 12.9. The van der Waals surface area contributed by atoms with E-state index in [0.29, 0.717) is 22.0 Å². The van der Waals surface area contributed by atoms with Crippen molar-refractivity contribution < 1.29 is 37.9 Å². The lowest BCUT2D eigenvalue weighted by molar-refractivity contribution is -0.159. The number of carbonyl (C=O) groups is 3. The van der Waals surface area contributed by atoms with Crippen molar-refractivity contribution in [1.82, 2.24) is 9.65 Å². The molecule has 0 fully saturated rings. The van der Waals surface area contributed by atoms with Gasteiger partial charge in [-0.1, -0.05) is 62.4 Å². The molecular formula is C29H32N3O8P. The van der Waals surface area contributed by atoms with Crippen LogP contribution in [0.15, 0.2) is 83.6 Å². The molecule has 1 amide bonds. The molecule has 11 nitrogen and oxygen atoms in total. The van der Waals surface area contributed by atoms with Gasteiger partial charge in [-0.15, -0.1) is 0 Å². The minimum atomic E-state index is -5.70. The number of ketones is 1. The fourth-order valence-corrected chi connectivity index (χ4v) is 5.91. The number of aromatic nitrogens is 1. The number of nitrogens with one attached hydrogen (secondary N) is 1. The van der Waals surface area contributed by atoms with E-state index in [1.807, 2.05) is 0 Å².